The van der Waals surface area contributed by atoms with Crippen LogP contribution in [0, 0.1) is 18.3 Å². The molecule has 0 saturated heterocycles. The van der Waals surface area contributed by atoms with E-state index >= 15 is 0 Å². The molecule has 0 fully saturated rings. The fourth-order valence-corrected chi connectivity index (χ4v) is 3.47. The molecular weight excluding hydrogens is 386 g/mol. The van der Waals surface area contributed by atoms with Gasteiger partial charge in [-0.3, -0.25) is 4.79 Å². The predicted octanol–water partition coefficient (Wildman–Crippen LogP) is 5.15. The van der Waals surface area contributed by atoms with Crippen LogP contribution in [0.3, 0.4) is 0 Å². The maximum Gasteiger partial charge on any atom is 0.256 e. The first kappa shape index (κ1) is 20.3. The number of carbonyl (C=O) groups excluding carboxylic acids is 1. The van der Waals surface area contributed by atoms with Gasteiger partial charge in [0.05, 0.1) is 11.7 Å². The van der Waals surface area contributed by atoms with Gasteiger partial charge in [-0.15, -0.1) is 0 Å². The number of rotatable bonds is 3. The van der Waals surface area contributed by atoms with Gasteiger partial charge in [0.15, 0.2) is 11.6 Å². The van der Waals surface area contributed by atoms with Crippen LogP contribution in [0.2, 0.25) is 0 Å². The summed E-state index contributed by atoms with van der Waals surface area (Å²) >= 11 is 0. The molecule has 0 aliphatic rings. The maximum atomic E-state index is 12.9. The number of pyridine rings is 1. The van der Waals surface area contributed by atoms with Crippen molar-refractivity contribution < 1.29 is 4.79 Å². The molecule has 1 N–H and O–H groups in total. The molecule has 154 valence electrons. The smallest absolute Gasteiger partial charge is 0.256 e. The molecule has 6 heteroatoms. The van der Waals surface area contributed by atoms with Crippen LogP contribution >= 0.6 is 0 Å². The van der Waals surface area contributed by atoms with Crippen LogP contribution in [0.5, 0.6) is 0 Å². The lowest BCUT2D eigenvalue weighted by molar-refractivity contribution is 0.102. The zero-order valence-electron chi connectivity index (χ0n) is 18.0. The monoisotopic (exact) mass is 409 g/mol. The number of nitrogens with zero attached hydrogens (tertiary/aromatic N) is 4. The van der Waals surface area contributed by atoms with Crippen molar-refractivity contribution in [2.75, 3.05) is 5.32 Å². The number of para-hydroxylation sites is 1. The van der Waals surface area contributed by atoms with E-state index in [1.807, 2.05) is 49.4 Å². The van der Waals surface area contributed by atoms with Gasteiger partial charge in [-0.05, 0) is 47.7 Å². The highest BCUT2D eigenvalue weighted by Gasteiger charge is 2.19. The van der Waals surface area contributed by atoms with Crippen molar-refractivity contribution in [1.82, 2.24) is 14.8 Å². The zero-order chi connectivity index (χ0) is 22.2. The Bertz CT molecular complexity index is 1320. The SMILES string of the molecule is Cc1cc(-n2ncc(C#N)c2NC(=O)c2ccc(C(C)(C)C)cc2)nc2ccccc12. The van der Waals surface area contributed by atoms with Crippen LogP contribution in [0.15, 0.2) is 60.8 Å². The fourth-order valence-electron chi connectivity index (χ4n) is 3.47. The van der Waals surface area contributed by atoms with Gasteiger partial charge in [0.25, 0.3) is 5.91 Å². The number of carbonyl (C=O) groups is 1. The van der Waals surface area contributed by atoms with Crippen LogP contribution in [0.4, 0.5) is 5.82 Å². The lowest BCUT2D eigenvalue weighted by Crippen LogP contribution is -2.17. The highest BCUT2D eigenvalue weighted by Crippen LogP contribution is 2.25. The third-order valence-corrected chi connectivity index (χ3v) is 5.26. The molecule has 0 unspecified atom stereocenters. The van der Waals surface area contributed by atoms with Crippen molar-refractivity contribution >= 4 is 22.6 Å². The van der Waals surface area contributed by atoms with E-state index in [9.17, 15) is 10.1 Å². The van der Waals surface area contributed by atoms with Gasteiger partial charge in [0.2, 0.25) is 0 Å². The van der Waals surface area contributed by atoms with Crippen molar-refractivity contribution in [1.29, 1.82) is 5.26 Å². The van der Waals surface area contributed by atoms with Gasteiger partial charge in [-0.2, -0.15) is 15.0 Å². The van der Waals surface area contributed by atoms with Crippen molar-refractivity contribution in [3.8, 4) is 11.9 Å². The minimum Gasteiger partial charge on any atom is -0.305 e. The third-order valence-electron chi connectivity index (χ3n) is 5.26. The molecular formula is C25H23N5O. The van der Waals surface area contributed by atoms with E-state index in [2.05, 4.69) is 42.2 Å². The van der Waals surface area contributed by atoms with E-state index in [0.29, 0.717) is 17.2 Å². The second-order valence-corrected chi connectivity index (χ2v) is 8.53. The van der Waals surface area contributed by atoms with E-state index in [1.165, 1.54) is 10.9 Å². The van der Waals surface area contributed by atoms with E-state index in [1.54, 1.807) is 12.1 Å². The molecule has 0 radical (unpaired) electrons. The highest BCUT2D eigenvalue weighted by molar-refractivity contribution is 6.04. The van der Waals surface area contributed by atoms with Gasteiger partial charge >= 0.3 is 0 Å². The number of aryl methyl sites for hydroxylation is 1. The summed E-state index contributed by atoms with van der Waals surface area (Å²) in [5.41, 5.74) is 3.77. The van der Waals surface area contributed by atoms with Gasteiger partial charge in [-0.25, -0.2) is 4.98 Å². The summed E-state index contributed by atoms with van der Waals surface area (Å²) in [4.78, 5) is 17.6. The molecule has 1 amide bonds. The van der Waals surface area contributed by atoms with E-state index in [-0.39, 0.29) is 16.9 Å². The number of aromatic nitrogens is 3. The fraction of sp³-hybridized carbons (Fsp3) is 0.200. The summed E-state index contributed by atoms with van der Waals surface area (Å²) in [7, 11) is 0. The second-order valence-electron chi connectivity index (χ2n) is 8.53. The van der Waals surface area contributed by atoms with Gasteiger partial charge < -0.3 is 5.32 Å². The molecule has 0 aliphatic heterocycles. The van der Waals surface area contributed by atoms with Crippen LogP contribution in [0.25, 0.3) is 16.7 Å². The number of nitrogens with one attached hydrogen (secondary N) is 1. The summed E-state index contributed by atoms with van der Waals surface area (Å²) in [6.07, 6.45) is 1.44. The van der Waals surface area contributed by atoms with Crippen LogP contribution in [-0.2, 0) is 5.41 Å². The minimum absolute atomic E-state index is 0.00121. The molecule has 6 nitrogen and oxygen atoms in total. The predicted molar refractivity (Wildman–Crippen MR) is 121 cm³/mol. The van der Waals surface area contributed by atoms with Crippen molar-refractivity contribution in [2.24, 2.45) is 0 Å². The summed E-state index contributed by atoms with van der Waals surface area (Å²) in [6, 6.07) is 19.3. The van der Waals surface area contributed by atoms with Gasteiger partial charge in [0, 0.05) is 10.9 Å². The lowest BCUT2D eigenvalue weighted by Gasteiger charge is -2.19. The number of anilines is 1. The number of benzene rings is 2. The maximum absolute atomic E-state index is 12.9. The molecule has 0 atom stereocenters. The van der Waals surface area contributed by atoms with Crippen LogP contribution in [-0.4, -0.2) is 20.7 Å². The summed E-state index contributed by atoms with van der Waals surface area (Å²) in [5, 5.41) is 17.7. The van der Waals surface area contributed by atoms with Gasteiger partial charge in [-0.1, -0.05) is 51.1 Å². The molecule has 2 aromatic carbocycles. The minimum atomic E-state index is -0.309. The first-order valence-electron chi connectivity index (χ1n) is 10.0. The van der Waals surface area contributed by atoms with E-state index < -0.39 is 0 Å². The van der Waals surface area contributed by atoms with E-state index in [0.717, 1.165) is 22.0 Å². The first-order valence-corrected chi connectivity index (χ1v) is 10.0. The zero-order valence-corrected chi connectivity index (χ0v) is 18.0. The van der Waals surface area contributed by atoms with Crippen molar-refractivity contribution in [3.63, 3.8) is 0 Å². The number of hydrogen-bond donors (Lipinski definition) is 1. The Morgan fingerprint density at radius 2 is 1.81 bits per heavy atom. The number of hydrogen-bond acceptors (Lipinski definition) is 4. The molecule has 2 heterocycles. The van der Waals surface area contributed by atoms with E-state index in [4.69, 9.17) is 0 Å². The van der Waals surface area contributed by atoms with Crippen LogP contribution < -0.4 is 5.32 Å². The molecule has 31 heavy (non-hydrogen) atoms. The summed E-state index contributed by atoms with van der Waals surface area (Å²) < 4.78 is 1.50. The Hall–Kier alpha value is -3.98. The number of fused-ring (bicyclic) bond motifs is 1. The lowest BCUT2D eigenvalue weighted by atomic mass is 9.87. The molecule has 4 aromatic rings. The number of amides is 1. The Labute approximate surface area is 181 Å². The Balaban J connectivity index is 1.71. The molecule has 2 aromatic heterocycles. The normalized spacial score (nSPS) is 11.3. The Kier molecular flexibility index (Phi) is 5.04. The Morgan fingerprint density at radius 3 is 2.48 bits per heavy atom. The first-order chi connectivity index (χ1) is 14.8. The molecule has 4 rings (SSSR count). The topological polar surface area (TPSA) is 83.6 Å². The van der Waals surface area contributed by atoms with Crippen LogP contribution in [0.1, 0.15) is 47.8 Å². The van der Waals surface area contributed by atoms with Crippen molar-refractivity contribution in [3.05, 3.63) is 83.0 Å². The molecule has 0 bridgehead atoms. The van der Waals surface area contributed by atoms with Crippen molar-refractivity contribution in [2.45, 2.75) is 33.1 Å². The molecule has 0 saturated carbocycles. The summed E-state index contributed by atoms with van der Waals surface area (Å²) in [5.74, 6) is 0.530. The van der Waals surface area contributed by atoms with Gasteiger partial charge in [0.1, 0.15) is 11.6 Å². The average Bonchev–Trinajstić information content (AvgIpc) is 3.15. The average molecular weight is 409 g/mol. The number of nitriles is 1. The highest BCUT2D eigenvalue weighted by atomic mass is 16.1. The molecule has 0 aliphatic carbocycles. The third kappa shape index (κ3) is 3.90. The largest absolute Gasteiger partial charge is 0.305 e. The standard InChI is InChI=1S/C25H23N5O/c1-16-13-22(28-21-8-6-5-7-20(16)21)30-23(18(14-26)15-27-30)29-24(31)17-9-11-19(12-10-17)25(2,3)4/h5-13,15H,1-4H3,(H,29,31). The quantitative estimate of drug-likeness (QED) is 0.507. The molecule has 0 spiro atoms. The summed E-state index contributed by atoms with van der Waals surface area (Å²) in [6.45, 7) is 8.37. The second kappa shape index (κ2) is 7.69. The Morgan fingerprint density at radius 1 is 1.10 bits per heavy atom.